The number of rotatable bonds is 4. The Balaban J connectivity index is 2.26. The first kappa shape index (κ1) is 15.2. The molecule has 0 saturated heterocycles. The molecule has 5 heteroatoms. The molecule has 100 valence electrons. The van der Waals surface area contributed by atoms with Crippen molar-refractivity contribution in [3.63, 3.8) is 0 Å². The number of benzene rings is 1. The molecule has 18 heavy (non-hydrogen) atoms. The van der Waals surface area contributed by atoms with Gasteiger partial charge in [-0.1, -0.05) is 38.4 Å². The van der Waals surface area contributed by atoms with E-state index < -0.39 is 0 Å². The van der Waals surface area contributed by atoms with Crippen molar-refractivity contribution < 1.29 is 4.79 Å². The topological polar surface area (TPSA) is 41.1 Å². The third-order valence-corrected chi connectivity index (χ3v) is 3.51. The molecular weight excluding hydrogens is 268 g/mol. The molecule has 0 aliphatic rings. The Bertz CT molecular complexity index is 404. The van der Waals surface area contributed by atoms with Gasteiger partial charge in [0.2, 0.25) is 0 Å². The van der Waals surface area contributed by atoms with Crippen LogP contribution in [0.15, 0.2) is 24.3 Å². The molecule has 0 bridgehead atoms. The Kier molecular flexibility index (Phi) is 5.82. The normalized spacial score (nSPS) is 11.1. The van der Waals surface area contributed by atoms with E-state index in [2.05, 4.69) is 31.4 Å². The Morgan fingerprint density at radius 3 is 2.72 bits per heavy atom. The number of nitrogens with one attached hydrogen (secondary N) is 2. The lowest BCUT2D eigenvalue weighted by Crippen LogP contribution is -2.31. The van der Waals surface area contributed by atoms with Crippen molar-refractivity contribution in [3.05, 3.63) is 29.3 Å². The Morgan fingerprint density at radius 2 is 2.11 bits per heavy atom. The molecule has 0 heterocycles. The summed E-state index contributed by atoms with van der Waals surface area (Å²) in [5, 5.41) is 6.15. The van der Waals surface area contributed by atoms with Crippen LogP contribution in [-0.4, -0.2) is 23.1 Å². The first-order valence-electron chi connectivity index (χ1n) is 5.81. The van der Waals surface area contributed by atoms with E-state index in [-0.39, 0.29) is 10.8 Å². The fourth-order valence-electron chi connectivity index (χ4n) is 1.26. The van der Waals surface area contributed by atoms with Gasteiger partial charge in [0.1, 0.15) is 0 Å². The van der Waals surface area contributed by atoms with Gasteiger partial charge in [0.15, 0.2) is 0 Å². The van der Waals surface area contributed by atoms with Crippen molar-refractivity contribution in [1.29, 1.82) is 0 Å². The molecule has 1 rings (SSSR count). The molecular formula is C13H19ClN2OS. The molecule has 0 aromatic heterocycles. The van der Waals surface area contributed by atoms with E-state index in [4.69, 9.17) is 11.6 Å². The van der Waals surface area contributed by atoms with E-state index in [1.165, 1.54) is 0 Å². The lowest BCUT2D eigenvalue weighted by Gasteiger charge is -2.17. The molecule has 1 aromatic carbocycles. The predicted octanol–water partition coefficient (Wildman–Crippen LogP) is 3.99. The molecule has 3 nitrogen and oxygen atoms in total. The fraction of sp³-hybridized carbons (Fsp3) is 0.462. The molecule has 0 radical (unpaired) electrons. The maximum absolute atomic E-state index is 11.6. The van der Waals surface area contributed by atoms with Gasteiger partial charge in [-0.2, -0.15) is 11.8 Å². The van der Waals surface area contributed by atoms with Crippen LogP contribution in [0.4, 0.5) is 10.5 Å². The molecule has 0 spiro atoms. The number of anilines is 1. The number of halogens is 1. The second-order valence-electron chi connectivity index (χ2n) is 4.85. The van der Waals surface area contributed by atoms with Crippen LogP contribution in [-0.2, 0) is 0 Å². The van der Waals surface area contributed by atoms with Crippen LogP contribution in [0.5, 0.6) is 0 Å². The van der Waals surface area contributed by atoms with E-state index in [0.717, 1.165) is 5.75 Å². The first-order chi connectivity index (χ1) is 8.37. The highest BCUT2D eigenvalue weighted by Crippen LogP contribution is 2.22. The standard InChI is InChI=1S/C13H19ClN2OS/c1-13(2,3)18-8-7-15-12(17)16-11-6-4-5-10(14)9-11/h4-6,9H,7-8H2,1-3H3,(H2,15,16,17). The summed E-state index contributed by atoms with van der Waals surface area (Å²) in [6.07, 6.45) is 0. The van der Waals surface area contributed by atoms with Crippen molar-refractivity contribution in [3.8, 4) is 0 Å². The van der Waals surface area contributed by atoms with Crippen molar-refractivity contribution >= 4 is 35.1 Å². The van der Waals surface area contributed by atoms with Gasteiger partial charge in [0.05, 0.1) is 0 Å². The summed E-state index contributed by atoms with van der Waals surface area (Å²) in [5.74, 6) is 0.895. The van der Waals surface area contributed by atoms with Gasteiger partial charge in [0.25, 0.3) is 0 Å². The molecule has 0 unspecified atom stereocenters. The number of hydrogen-bond donors (Lipinski definition) is 2. The molecule has 2 amide bonds. The number of hydrogen-bond acceptors (Lipinski definition) is 2. The van der Waals surface area contributed by atoms with Gasteiger partial charge in [-0.25, -0.2) is 4.79 Å². The Labute approximate surface area is 118 Å². The highest BCUT2D eigenvalue weighted by Gasteiger charge is 2.10. The minimum absolute atomic E-state index is 0.202. The van der Waals surface area contributed by atoms with Crippen LogP contribution in [0.2, 0.25) is 5.02 Å². The van der Waals surface area contributed by atoms with Crippen molar-refractivity contribution in [2.75, 3.05) is 17.6 Å². The average molecular weight is 287 g/mol. The zero-order valence-electron chi connectivity index (χ0n) is 10.9. The number of urea groups is 1. The van der Waals surface area contributed by atoms with Crippen LogP contribution in [0, 0.1) is 0 Å². The highest BCUT2D eigenvalue weighted by molar-refractivity contribution is 8.00. The van der Waals surface area contributed by atoms with E-state index in [0.29, 0.717) is 17.3 Å². The summed E-state index contributed by atoms with van der Waals surface area (Å²) < 4.78 is 0.227. The van der Waals surface area contributed by atoms with Crippen LogP contribution in [0.3, 0.4) is 0 Å². The fourth-order valence-corrected chi connectivity index (χ4v) is 2.27. The summed E-state index contributed by atoms with van der Waals surface area (Å²) >= 11 is 7.65. The SMILES string of the molecule is CC(C)(C)SCCNC(=O)Nc1cccc(Cl)c1. The molecule has 0 saturated carbocycles. The summed E-state index contributed by atoms with van der Waals surface area (Å²) in [7, 11) is 0. The van der Waals surface area contributed by atoms with Crippen LogP contribution < -0.4 is 10.6 Å². The van der Waals surface area contributed by atoms with Crippen molar-refractivity contribution in [1.82, 2.24) is 5.32 Å². The second-order valence-corrected chi connectivity index (χ2v) is 7.21. The molecule has 0 fully saturated rings. The summed E-state index contributed by atoms with van der Waals surface area (Å²) in [4.78, 5) is 11.6. The van der Waals surface area contributed by atoms with Crippen molar-refractivity contribution in [2.24, 2.45) is 0 Å². The predicted molar refractivity (Wildman–Crippen MR) is 80.7 cm³/mol. The van der Waals surface area contributed by atoms with Gasteiger partial charge in [0, 0.05) is 27.8 Å². The number of carbonyl (C=O) groups excluding carboxylic acids is 1. The van der Waals surface area contributed by atoms with E-state index in [1.807, 2.05) is 11.8 Å². The quantitative estimate of drug-likeness (QED) is 0.822. The molecule has 0 atom stereocenters. The molecule has 1 aromatic rings. The Hall–Kier alpha value is -0.870. The third-order valence-electron chi connectivity index (χ3n) is 2.01. The van der Waals surface area contributed by atoms with E-state index in [1.54, 1.807) is 24.3 Å². The lowest BCUT2D eigenvalue weighted by atomic mass is 10.3. The van der Waals surface area contributed by atoms with E-state index >= 15 is 0 Å². The Morgan fingerprint density at radius 1 is 1.39 bits per heavy atom. The zero-order valence-corrected chi connectivity index (χ0v) is 12.5. The maximum Gasteiger partial charge on any atom is 0.319 e. The maximum atomic E-state index is 11.6. The summed E-state index contributed by atoms with van der Waals surface area (Å²) in [6, 6.07) is 6.88. The van der Waals surface area contributed by atoms with Gasteiger partial charge in [-0.15, -0.1) is 0 Å². The largest absolute Gasteiger partial charge is 0.337 e. The van der Waals surface area contributed by atoms with Crippen LogP contribution in [0.1, 0.15) is 20.8 Å². The number of thioether (sulfide) groups is 1. The first-order valence-corrected chi connectivity index (χ1v) is 7.17. The second kappa shape index (κ2) is 6.90. The zero-order chi connectivity index (χ0) is 13.6. The monoisotopic (exact) mass is 286 g/mol. The number of carbonyl (C=O) groups is 1. The minimum atomic E-state index is -0.202. The van der Waals surface area contributed by atoms with Crippen LogP contribution in [0.25, 0.3) is 0 Å². The number of amides is 2. The molecule has 2 N–H and O–H groups in total. The van der Waals surface area contributed by atoms with Crippen LogP contribution >= 0.6 is 23.4 Å². The van der Waals surface area contributed by atoms with Gasteiger partial charge >= 0.3 is 6.03 Å². The smallest absolute Gasteiger partial charge is 0.319 e. The van der Waals surface area contributed by atoms with Gasteiger partial charge in [-0.05, 0) is 18.2 Å². The summed E-state index contributed by atoms with van der Waals surface area (Å²) in [6.45, 7) is 7.12. The lowest BCUT2D eigenvalue weighted by molar-refractivity contribution is 0.252. The van der Waals surface area contributed by atoms with Gasteiger partial charge in [-0.3, -0.25) is 0 Å². The average Bonchev–Trinajstić information content (AvgIpc) is 2.23. The minimum Gasteiger partial charge on any atom is -0.337 e. The third kappa shape index (κ3) is 6.77. The molecule has 0 aliphatic heterocycles. The van der Waals surface area contributed by atoms with Crippen molar-refractivity contribution in [2.45, 2.75) is 25.5 Å². The highest BCUT2D eigenvalue weighted by atomic mass is 35.5. The molecule has 0 aliphatic carbocycles. The summed E-state index contributed by atoms with van der Waals surface area (Å²) in [5.41, 5.74) is 0.698. The van der Waals surface area contributed by atoms with E-state index in [9.17, 15) is 4.79 Å². The van der Waals surface area contributed by atoms with Gasteiger partial charge < -0.3 is 10.6 Å².